The topological polar surface area (TPSA) is 65.5 Å². The summed E-state index contributed by atoms with van der Waals surface area (Å²) >= 11 is 5.88. The minimum atomic E-state index is -0.943. The summed E-state index contributed by atoms with van der Waals surface area (Å²) < 4.78 is 23.9. The Balaban J connectivity index is 1.99. The van der Waals surface area contributed by atoms with Crippen LogP contribution < -0.4 is 0 Å². The maximum absolute atomic E-state index is 13.9. The highest BCUT2D eigenvalue weighted by Gasteiger charge is 2.22. The first-order chi connectivity index (χ1) is 12.9. The Morgan fingerprint density at radius 2 is 1.81 bits per heavy atom. The Kier molecular flexibility index (Phi) is 5.37. The summed E-state index contributed by atoms with van der Waals surface area (Å²) in [6.07, 6.45) is 0. The maximum atomic E-state index is 13.9. The van der Waals surface area contributed by atoms with Gasteiger partial charge in [-0.05, 0) is 30.7 Å². The van der Waals surface area contributed by atoms with Crippen molar-refractivity contribution in [2.45, 2.75) is 13.5 Å². The standard InChI is InChI=1S/C20H15ClFNO4/c1-11-12-6-3-4-9-15(12)23-16(17(11)19(24)26-2)10-27-20(25)18-13(21)7-5-8-14(18)22/h3-9H,10H2,1-2H3. The largest absolute Gasteiger partial charge is 0.465 e. The lowest BCUT2D eigenvalue weighted by Crippen LogP contribution is -2.14. The Labute approximate surface area is 159 Å². The van der Waals surface area contributed by atoms with Crippen LogP contribution in [0.2, 0.25) is 5.02 Å². The van der Waals surface area contributed by atoms with E-state index in [9.17, 15) is 14.0 Å². The van der Waals surface area contributed by atoms with E-state index in [0.29, 0.717) is 11.1 Å². The third-order valence-corrected chi connectivity index (χ3v) is 4.44. The SMILES string of the molecule is COC(=O)c1c(COC(=O)c2c(F)cccc2Cl)nc2ccccc2c1C. The molecule has 3 rings (SSSR count). The molecule has 27 heavy (non-hydrogen) atoms. The minimum absolute atomic E-state index is 0.0594. The van der Waals surface area contributed by atoms with Gasteiger partial charge >= 0.3 is 11.9 Å². The van der Waals surface area contributed by atoms with Crippen molar-refractivity contribution in [2.75, 3.05) is 7.11 Å². The molecule has 5 nitrogen and oxygen atoms in total. The van der Waals surface area contributed by atoms with Gasteiger partial charge in [-0.25, -0.2) is 19.0 Å². The number of hydrogen-bond acceptors (Lipinski definition) is 5. The van der Waals surface area contributed by atoms with E-state index >= 15 is 0 Å². The first kappa shape index (κ1) is 18.8. The molecule has 0 spiro atoms. The fourth-order valence-electron chi connectivity index (χ4n) is 2.82. The van der Waals surface area contributed by atoms with E-state index in [4.69, 9.17) is 21.1 Å². The molecule has 0 aliphatic heterocycles. The normalized spacial score (nSPS) is 10.7. The van der Waals surface area contributed by atoms with Crippen LogP contribution in [0, 0.1) is 12.7 Å². The number of benzene rings is 2. The molecule has 0 N–H and O–H groups in total. The van der Waals surface area contributed by atoms with Gasteiger partial charge in [0, 0.05) is 5.39 Å². The number of aryl methyl sites for hydroxylation is 1. The fraction of sp³-hybridized carbons (Fsp3) is 0.150. The summed E-state index contributed by atoms with van der Waals surface area (Å²) in [7, 11) is 1.26. The lowest BCUT2D eigenvalue weighted by Gasteiger charge is -2.14. The van der Waals surface area contributed by atoms with Crippen LogP contribution >= 0.6 is 11.6 Å². The summed E-state index contributed by atoms with van der Waals surface area (Å²) in [5.74, 6) is -2.33. The Bertz CT molecular complexity index is 1030. The molecule has 1 aromatic heterocycles. The fourth-order valence-corrected chi connectivity index (χ4v) is 3.06. The Hall–Kier alpha value is -2.99. The zero-order valence-corrected chi connectivity index (χ0v) is 15.3. The molecule has 0 fully saturated rings. The summed E-state index contributed by atoms with van der Waals surface area (Å²) in [5, 5.41) is 0.723. The molecule has 1 heterocycles. The van der Waals surface area contributed by atoms with Crippen LogP contribution in [0.1, 0.15) is 32.0 Å². The average molecular weight is 388 g/mol. The van der Waals surface area contributed by atoms with Gasteiger partial charge in [0.05, 0.1) is 28.9 Å². The monoisotopic (exact) mass is 387 g/mol. The zero-order chi connectivity index (χ0) is 19.6. The number of esters is 2. The van der Waals surface area contributed by atoms with Crippen molar-refractivity contribution < 1.29 is 23.5 Å². The number of halogens is 2. The Morgan fingerprint density at radius 1 is 1.07 bits per heavy atom. The van der Waals surface area contributed by atoms with Crippen LogP contribution in [0.15, 0.2) is 42.5 Å². The van der Waals surface area contributed by atoms with Gasteiger partial charge in [0.2, 0.25) is 0 Å². The predicted molar refractivity (Wildman–Crippen MR) is 98.3 cm³/mol. The number of nitrogens with zero attached hydrogens (tertiary/aromatic N) is 1. The third-order valence-electron chi connectivity index (χ3n) is 4.12. The van der Waals surface area contributed by atoms with E-state index in [2.05, 4.69) is 4.98 Å². The van der Waals surface area contributed by atoms with Crippen molar-refractivity contribution in [2.24, 2.45) is 0 Å². The van der Waals surface area contributed by atoms with Crippen molar-refractivity contribution in [3.63, 3.8) is 0 Å². The van der Waals surface area contributed by atoms with E-state index in [1.807, 2.05) is 18.2 Å². The van der Waals surface area contributed by atoms with Crippen molar-refractivity contribution in [3.8, 4) is 0 Å². The number of rotatable bonds is 4. The average Bonchev–Trinajstić information content (AvgIpc) is 2.66. The molecule has 7 heteroatoms. The number of pyridine rings is 1. The van der Waals surface area contributed by atoms with Crippen molar-refractivity contribution >= 4 is 34.4 Å². The van der Waals surface area contributed by atoms with E-state index in [0.717, 1.165) is 11.5 Å². The predicted octanol–water partition coefficient (Wildman–Crippen LogP) is 4.48. The molecule has 3 aromatic rings. The third kappa shape index (κ3) is 3.61. The van der Waals surface area contributed by atoms with Gasteiger partial charge in [-0.3, -0.25) is 0 Å². The second-order valence-corrected chi connectivity index (χ2v) is 6.15. The minimum Gasteiger partial charge on any atom is -0.465 e. The van der Waals surface area contributed by atoms with Gasteiger partial charge in [0.15, 0.2) is 0 Å². The second-order valence-electron chi connectivity index (χ2n) is 5.74. The molecule has 0 radical (unpaired) electrons. The molecule has 0 amide bonds. The molecule has 0 saturated heterocycles. The molecule has 0 atom stereocenters. The number of hydrogen-bond donors (Lipinski definition) is 0. The first-order valence-electron chi connectivity index (χ1n) is 8.01. The van der Waals surface area contributed by atoms with Gasteiger partial charge in [0.25, 0.3) is 0 Å². The van der Waals surface area contributed by atoms with Crippen LogP contribution in [-0.2, 0) is 16.1 Å². The second kappa shape index (κ2) is 7.72. The van der Waals surface area contributed by atoms with Crippen molar-refractivity contribution in [3.05, 3.63) is 75.7 Å². The van der Waals surface area contributed by atoms with Crippen LogP contribution in [0.5, 0.6) is 0 Å². The summed E-state index contributed by atoms with van der Waals surface area (Å²) in [4.78, 5) is 28.9. The molecule has 0 bridgehead atoms. The number of ether oxygens (including phenoxy) is 2. The molecule has 2 aromatic carbocycles. The first-order valence-corrected chi connectivity index (χ1v) is 8.39. The number of carbonyl (C=O) groups excluding carboxylic acids is 2. The van der Waals surface area contributed by atoms with Gasteiger partial charge in [0.1, 0.15) is 18.0 Å². The van der Waals surface area contributed by atoms with Crippen LogP contribution in [-0.4, -0.2) is 24.0 Å². The zero-order valence-electron chi connectivity index (χ0n) is 14.6. The highest BCUT2D eigenvalue weighted by Crippen LogP contribution is 2.25. The maximum Gasteiger partial charge on any atom is 0.343 e. The molecule has 138 valence electrons. The number of carbonyl (C=O) groups is 2. The Morgan fingerprint density at radius 3 is 2.52 bits per heavy atom. The van der Waals surface area contributed by atoms with Crippen LogP contribution in [0.4, 0.5) is 4.39 Å². The highest BCUT2D eigenvalue weighted by molar-refractivity contribution is 6.33. The number of para-hydroxylation sites is 1. The van der Waals surface area contributed by atoms with E-state index in [-0.39, 0.29) is 28.5 Å². The van der Waals surface area contributed by atoms with E-state index < -0.39 is 17.8 Å². The molecule has 0 aliphatic rings. The smallest absolute Gasteiger partial charge is 0.343 e. The molecule has 0 aliphatic carbocycles. The van der Waals surface area contributed by atoms with Gasteiger partial charge < -0.3 is 9.47 Å². The molecular formula is C20H15ClFNO4. The molecular weight excluding hydrogens is 373 g/mol. The van der Waals surface area contributed by atoms with Gasteiger partial charge in [-0.15, -0.1) is 0 Å². The lowest BCUT2D eigenvalue weighted by molar-refractivity contribution is 0.0450. The number of aromatic nitrogens is 1. The van der Waals surface area contributed by atoms with Crippen molar-refractivity contribution in [1.82, 2.24) is 4.98 Å². The highest BCUT2D eigenvalue weighted by atomic mass is 35.5. The lowest BCUT2D eigenvalue weighted by atomic mass is 10.0. The molecule has 0 saturated carbocycles. The molecule has 0 unspecified atom stereocenters. The number of methoxy groups -OCH3 is 1. The van der Waals surface area contributed by atoms with Crippen molar-refractivity contribution in [1.29, 1.82) is 0 Å². The summed E-state index contributed by atoms with van der Waals surface area (Å²) in [6.45, 7) is 1.43. The van der Waals surface area contributed by atoms with Gasteiger partial charge in [-0.1, -0.05) is 35.9 Å². The summed E-state index contributed by atoms with van der Waals surface area (Å²) in [6, 6.07) is 11.1. The quantitative estimate of drug-likeness (QED) is 0.617. The van der Waals surface area contributed by atoms with Crippen LogP contribution in [0.3, 0.4) is 0 Å². The summed E-state index contributed by atoms with van der Waals surface area (Å²) in [5.41, 5.74) is 1.36. The van der Waals surface area contributed by atoms with E-state index in [1.165, 1.54) is 19.2 Å². The van der Waals surface area contributed by atoms with E-state index in [1.54, 1.807) is 13.0 Å². The van der Waals surface area contributed by atoms with Crippen LogP contribution in [0.25, 0.3) is 10.9 Å². The number of fused-ring (bicyclic) bond motifs is 1. The van der Waals surface area contributed by atoms with Gasteiger partial charge in [-0.2, -0.15) is 0 Å².